The summed E-state index contributed by atoms with van der Waals surface area (Å²) in [6.45, 7) is 4.03. The number of carboxylic acids is 1. The van der Waals surface area contributed by atoms with Crippen LogP contribution in [0.5, 0.6) is 0 Å². The summed E-state index contributed by atoms with van der Waals surface area (Å²) >= 11 is 0. The highest BCUT2D eigenvalue weighted by Crippen LogP contribution is 2.24. The Hall–Kier alpha value is -1.91. The number of carboxylic acid groups (broad SMARTS) is 1. The number of halogens is 1. The molecule has 3 unspecified atom stereocenters. The Balaban J connectivity index is 2.03. The lowest BCUT2D eigenvalue weighted by Crippen LogP contribution is -2.49. The van der Waals surface area contributed by atoms with E-state index in [4.69, 9.17) is 5.11 Å². The molecule has 4 nitrogen and oxygen atoms in total. The second kappa shape index (κ2) is 6.90. The number of hydrogen-bond acceptors (Lipinski definition) is 2. The average molecular weight is 307 g/mol. The zero-order valence-corrected chi connectivity index (χ0v) is 13.0. The maximum atomic E-state index is 13.2. The predicted octanol–water partition coefficient (Wildman–Crippen LogP) is 2.72. The van der Waals surface area contributed by atoms with Gasteiger partial charge >= 0.3 is 5.97 Å². The number of amides is 1. The summed E-state index contributed by atoms with van der Waals surface area (Å²) in [6.07, 6.45) is 1.77. The molecule has 1 saturated heterocycles. The first-order valence-corrected chi connectivity index (χ1v) is 7.66. The summed E-state index contributed by atoms with van der Waals surface area (Å²) in [4.78, 5) is 25.4. The van der Waals surface area contributed by atoms with Crippen LogP contribution in [0.1, 0.15) is 32.3 Å². The third-order valence-corrected chi connectivity index (χ3v) is 4.37. The van der Waals surface area contributed by atoms with E-state index in [1.165, 1.54) is 12.1 Å². The predicted molar refractivity (Wildman–Crippen MR) is 80.8 cm³/mol. The Morgan fingerprint density at radius 3 is 2.77 bits per heavy atom. The molecule has 1 aliphatic rings. The van der Waals surface area contributed by atoms with Crippen LogP contribution in [0.4, 0.5) is 4.39 Å². The van der Waals surface area contributed by atoms with Crippen molar-refractivity contribution in [2.75, 3.05) is 6.54 Å². The SMILES string of the molecule is CC(Cc1cccc(F)c1)C(=O)N1CC(C(=O)O)CCC1C. The zero-order chi connectivity index (χ0) is 16.3. The van der Waals surface area contributed by atoms with E-state index in [0.29, 0.717) is 19.3 Å². The van der Waals surface area contributed by atoms with Crippen molar-refractivity contribution < 1.29 is 19.1 Å². The molecule has 2 rings (SSSR count). The molecule has 1 fully saturated rings. The molecule has 120 valence electrons. The van der Waals surface area contributed by atoms with Gasteiger partial charge in [-0.05, 0) is 43.9 Å². The van der Waals surface area contributed by atoms with Gasteiger partial charge in [0.05, 0.1) is 5.92 Å². The van der Waals surface area contributed by atoms with Gasteiger partial charge in [0.15, 0.2) is 0 Å². The van der Waals surface area contributed by atoms with Crippen molar-refractivity contribution >= 4 is 11.9 Å². The van der Waals surface area contributed by atoms with Crippen molar-refractivity contribution in [2.24, 2.45) is 11.8 Å². The third kappa shape index (κ3) is 3.84. The van der Waals surface area contributed by atoms with Gasteiger partial charge in [0, 0.05) is 18.5 Å². The van der Waals surface area contributed by atoms with E-state index >= 15 is 0 Å². The van der Waals surface area contributed by atoms with E-state index < -0.39 is 11.9 Å². The van der Waals surface area contributed by atoms with Gasteiger partial charge in [0.1, 0.15) is 5.82 Å². The minimum atomic E-state index is -0.845. The molecule has 22 heavy (non-hydrogen) atoms. The second-order valence-corrected chi connectivity index (χ2v) is 6.19. The number of hydrogen-bond donors (Lipinski definition) is 1. The van der Waals surface area contributed by atoms with Gasteiger partial charge in [-0.3, -0.25) is 9.59 Å². The van der Waals surface area contributed by atoms with Crippen molar-refractivity contribution in [3.8, 4) is 0 Å². The van der Waals surface area contributed by atoms with Gasteiger partial charge in [-0.2, -0.15) is 0 Å². The van der Waals surface area contributed by atoms with Gasteiger partial charge in [-0.1, -0.05) is 19.1 Å². The van der Waals surface area contributed by atoms with E-state index in [0.717, 1.165) is 5.56 Å². The topological polar surface area (TPSA) is 57.6 Å². The fourth-order valence-electron chi connectivity index (χ4n) is 3.00. The summed E-state index contributed by atoms with van der Waals surface area (Å²) in [5.41, 5.74) is 0.778. The highest BCUT2D eigenvalue weighted by atomic mass is 19.1. The largest absolute Gasteiger partial charge is 0.481 e. The molecule has 0 spiro atoms. The van der Waals surface area contributed by atoms with Gasteiger partial charge < -0.3 is 10.0 Å². The molecule has 0 saturated carbocycles. The molecule has 3 atom stereocenters. The first-order chi connectivity index (χ1) is 10.4. The quantitative estimate of drug-likeness (QED) is 0.930. The Labute approximate surface area is 129 Å². The first-order valence-electron chi connectivity index (χ1n) is 7.66. The van der Waals surface area contributed by atoms with Crippen LogP contribution >= 0.6 is 0 Å². The van der Waals surface area contributed by atoms with Crippen molar-refractivity contribution in [2.45, 2.75) is 39.2 Å². The second-order valence-electron chi connectivity index (χ2n) is 6.19. The average Bonchev–Trinajstić information content (AvgIpc) is 2.46. The maximum absolute atomic E-state index is 13.2. The molecule has 5 heteroatoms. The molecular weight excluding hydrogens is 285 g/mol. The molecule has 0 aliphatic carbocycles. The molecule has 1 N–H and O–H groups in total. The van der Waals surface area contributed by atoms with E-state index in [2.05, 4.69) is 0 Å². The van der Waals surface area contributed by atoms with E-state index in [9.17, 15) is 14.0 Å². The zero-order valence-electron chi connectivity index (χ0n) is 13.0. The number of nitrogens with zero attached hydrogens (tertiary/aromatic N) is 1. The van der Waals surface area contributed by atoms with Crippen molar-refractivity contribution in [1.29, 1.82) is 0 Å². The van der Waals surface area contributed by atoms with Crippen LogP contribution in [-0.4, -0.2) is 34.5 Å². The van der Waals surface area contributed by atoms with Gasteiger partial charge in [-0.25, -0.2) is 4.39 Å². The highest BCUT2D eigenvalue weighted by molar-refractivity contribution is 5.80. The Bertz CT molecular complexity index is 561. The monoisotopic (exact) mass is 307 g/mol. The Morgan fingerprint density at radius 2 is 2.14 bits per heavy atom. The number of carbonyl (C=O) groups is 2. The van der Waals surface area contributed by atoms with Crippen molar-refractivity contribution in [3.05, 3.63) is 35.6 Å². The van der Waals surface area contributed by atoms with E-state index in [1.54, 1.807) is 17.0 Å². The first kappa shape index (κ1) is 16.5. The number of benzene rings is 1. The molecule has 1 heterocycles. The standard InChI is InChI=1S/C17H22FNO3/c1-11(8-13-4-3-5-15(18)9-13)16(20)19-10-14(17(21)22)7-6-12(19)2/h3-5,9,11-12,14H,6-8,10H2,1-2H3,(H,21,22). The lowest BCUT2D eigenvalue weighted by Gasteiger charge is -2.38. The summed E-state index contributed by atoms with van der Waals surface area (Å²) in [5, 5.41) is 9.15. The molecule has 0 aromatic heterocycles. The number of carbonyl (C=O) groups excluding carboxylic acids is 1. The molecule has 0 bridgehead atoms. The number of aliphatic carboxylic acids is 1. The maximum Gasteiger partial charge on any atom is 0.308 e. The molecule has 0 radical (unpaired) electrons. The number of rotatable bonds is 4. The normalized spacial score (nSPS) is 23.1. The molecule has 1 amide bonds. The van der Waals surface area contributed by atoms with Crippen molar-refractivity contribution in [3.63, 3.8) is 0 Å². The molecule has 1 aliphatic heterocycles. The summed E-state index contributed by atoms with van der Waals surface area (Å²) in [6, 6.07) is 6.29. The highest BCUT2D eigenvalue weighted by Gasteiger charge is 2.34. The fourth-order valence-corrected chi connectivity index (χ4v) is 3.00. The number of piperidine rings is 1. The van der Waals surface area contributed by atoms with Crippen LogP contribution < -0.4 is 0 Å². The van der Waals surface area contributed by atoms with Crippen LogP contribution in [0.25, 0.3) is 0 Å². The minimum absolute atomic E-state index is 0.0530. The Morgan fingerprint density at radius 1 is 1.41 bits per heavy atom. The summed E-state index contributed by atoms with van der Waals surface area (Å²) in [5.74, 6) is -1.99. The molecular formula is C17H22FNO3. The smallest absolute Gasteiger partial charge is 0.308 e. The summed E-state index contributed by atoms with van der Waals surface area (Å²) < 4.78 is 13.2. The van der Waals surface area contributed by atoms with Crippen LogP contribution in [0, 0.1) is 17.7 Å². The number of likely N-dealkylation sites (tertiary alicyclic amines) is 1. The van der Waals surface area contributed by atoms with Crippen LogP contribution in [0.15, 0.2) is 24.3 Å². The van der Waals surface area contributed by atoms with Gasteiger partial charge in [0.2, 0.25) is 5.91 Å². The van der Waals surface area contributed by atoms with Gasteiger partial charge in [0.25, 0.3) is 0 Å². The van der Waals surface area contributed by atoms with E-state index in [-0.39, 0.29) is 30.2 Å². The fraction of sp³-hybridized carbons (Fsp3) is 0.529. The molecule has 1 aromatic rings. The van der Waals surface area contributed by atoms with E-state index in [1.807, 2.05) is 13.8 Å². The lowest BCUT2D eigenvalue weighted by atomic mass is 9.91. The van der Waals surface area contributed by atoms with Gasteiger partial charge in [-0.15, -0.1) is 0 Å². The lowest BCUT2D eigenvalue weighted by molar-refractivity contribution is -0.148. The van der Waals surface area contributed by atoms with Crippen LogP contribution in [0.3, 0.4) is 0 Å². The van der Waals surface area contributed by atoms with Crippen LogP contribution in [-0.2, 0) is 16.0 Å². The Kier molecular flexibility index (Phi) is 5.16. The molecule has 1 aromatic carbocycles. The van der Waals surface area contributed by atoms with Crippen molar-refractivity contribution in [1.82, 2.24) is 4.90 Å². The van der Waals surface area contributed by atoms with Crippen LogP contribution in [0.2, 0.25) is 0 Å². The summed E-state index contributed by atoms with van der Waals surface area (Å²) in [7, 11) is 0. The minimum Gasteiger partial charge on any atom is -0.481 e. The third-order valence-electron chi connectivity index (χ3n) is 4.37.